The first-order valence-corrected chi connectivity index (χ1v) is 9.38. The van der Waals surface area contributed by atoms with E-state index in [9.17, 15) is 4.79 Å². The summed E-state index contributed by atoms with van der Waals surface area (Å²) in [5.74, 6) is 0.0257. The van der Waals surface area contributed by atoms with Crippen molar-refractivity contribution in [3.8, 4) is 0 Å². The van der Waals surface area contributed by atoms with Crippen LogP contribution in [0.2, 0.25) is 0 Å². The molecular formula is C18H16BrNO2S. The molecule has 23 heavy (non-hydrogen) atoms. The lowest BCUT2D eigenvalue weighted by molar-refractivity contribution is -0.120. The van der Waals surface area contributed by atoms with Crippen LogP contribution in [0.25, 0.3) is 11.0 Å². The van der Waals surface area contributed by atoms with Gasteiger partial charge in [0.05, 0.1) is 19.2 Å². The molecule has 0 unspecified atom stereocenters. The summed E-state index contributed by atoms with van der Waals surface area (Å²) in [5, 5.41) is 6.08. The van der Waals surface area contributed by atoms with Gasteiger partial charge in [0.2, 0.25) is 5.91 Å². The number of nitrogens with one attached hydrogen (secondary N) is 1. The molecule has 0 atom stereocenters. The summed E-state index contributed by atoms with van der Waals surface area (Å²) < 4.78 is 6.71. The van der Waals surface area contributed by atoms with Gasteiger partial charge in [-0.25, -0.2) is 0 Å². The fourth-order valence-corrected chi connectivity index (χ4v) is 4.54. The van der Waals surface area contributed by atoms with E-state index in [4.69, 9.17) is 4.42 Å². The Morgan fingerprint density at radius 2 is 2.09 bits per heavy atom. The van der Waals surface area contributed by atoms with Crippen LogP contribution in [0.4, 0.5) is 0 Å². The molecule has 1 aromatic carbocycles. The van der Waals surface area contributed by atoms with Crippen molar-refractivity contribution in [2.24, 2.45) is 0 Å². The molecule has 1 amide bonds. The third-order valence-corrected chi connectivity index (χ3v) is 6.00. The van der Waals surface area contributed by atoms with Gasteiger partial charge in [0.25, 0.3) is 0 Å². The number of carbonyl (C=O) groups is 1. The Kier molecular flexibility index (Phi) is 3.99. The Labute approximate surface area is 146 Å². The van der Waals surface area contributed by atoms with Gasteiger partial charge in [0.15, 0.2) is 0 Å². The van der Waals surface area contributed by atoms with Crippen molar-refractivity contribution in [1.29, 1.82) is 0 Å². The summed E-state index contributed by atoms with van der Waals surface area (Å²) in [5.41, 5.74) is 4.67. The summed E-state index contributed by atoms with van der Waals surface area (Å²) in [4.78, 5) is 13.3. The molecule has 0 saturated carbocycles. The van der Waals surface area contributed by atoms with E-state index in [0.29, 0.717) is 13.0 Å². The van der Waals surface area contributed by atoms with Crippen LogP contribution in [0.1, 0.15) is 28.0 Å². The van der Waals surface area contributed by atoms with Gasteiger partial charge in [-0.1, -0.05) is 0 Å². The summed E-state index contributed by atoms with van der Waals surface area (Å²) in [6.07, 6.45) is 5.57. The molecular weight excluding hydrogens is 374 g/mol. The van der Waals surface area contributed by atoms with Crippen molar-refractivity contribution < 1.29 is 9.21 Å². The van der Waals surface area contributed by atoms with Crippen molar-refractivity contribution in [3.63, 3.8) is 0 Å². The van der Waals surface area contributed by atoms with Crippen LogP contribution in [0, 0.1) is 0 Å². The lowest BCUT2D eigenvalue weighted by Crippen LogP contribution is -2.23. The topological polar surface area (TPSA) is 42.2 Å². The highest BCUT2D eigenvalue weighted by Crippen LogP contribution is 2.30. The quantitative estimate of drug-likeness (QED) is 0.707. The molecule has 2 heterocycles. The molecule has 1 aliphatic rings. The minimum absolute atomic E-state index is 0.0257. The van der Waals surface area contributed by atoms with Crippen LogP contribution in [-0.4, -0.2) is 5.91 Å². The maximum absolute atomic E-state index is 12.2. The first-order valence-electron chi connectivity index (χ1n) is 7.70. The minimum atomic E-state index is 0.0257. The molecule has 0 saturated heterocycles. The number of carbonyl (C=O) groups excluding carboxylic acids is 1. The van der Waals surface area contributed by atoms with Crippen LogP contribution in [0.15, 0.2) is 38.7 Å². The highest BCUT2D eigenvalue weighted by atomic mass is 79.9. The third kappa shape index (κ3) is 3.08. The fourth-order valence-electron chi connectivity index (χ4n) is 3.15. The number of amides is 1. The molecule has 1 aliphatic carbocycles. The molecule has 3 aromatic rings. The molecule has 2 aromatic heterocycles. The second-order valence-corrected chi connectivity index (χ2v) is 7.83. The number of hydrogen-bond acceptors (Lipinski definition) is 3. The number of rotatable bonds is 4. The number of aryl methyl sites for hydroxylation is 2. The smallest absolute Gasteiger partial charge is 0.224 e. The maximum Gasteiger partial charge on any atom is 0.224 e. The largest absolute Gasteiger partial charge is 0.464 e. The summed E-state index contributed by atoms with van der Waals surface area (Å²) >= 11 is 5.06. The number of benzene rings is 1. The average Bonchev–Trinajstić information content (AvgIpc) is 3.24. The first-order chi connectivity index (χ1) is 11.2. The van der Waals surface area contributed by atoms with Crippen molar-refractivity contribution in [1.82, 2.24) is 5.32 Å². The van der Waals surface area contributed by atoms with Gasteiger partial charge in [0, 0.05) is 25.7 Å². The second-order valence-electron chi connectivity index (χ2n) is 5.92. The van der Waals surface area contributed by atoms with Gasteiger partial charge in [-0.3, -0.25) is 4.79 Å². The molecule has 118 valence electrons. The molecule has 0 spiro atoms. The molecule has 4 rings (SSSR count). The zero-order valence-corrected chi connectivity index (χ0v) is 14.9. The molecule has 0 aliphatic heterocycles. The molecule has 0 radical (unpaired) electrons. The Morgan fingerprint density at radius 3 is 2.87 bits per heavy atom. The Balaban J connectivity index is 1.48. The van der Waals surface area contributed by atoms with Gasteiger partial charge in [-0.2, -0.15) is 0 Å². The summed E-state index contributed by atoms with van der Waals surface area (Å²) in [6, 6.07) is 6.38. The van der Waals surface area contributed by atoms with Crippen molar-refractivity contribution in [2.75, 3.05) is 0 Å². The van der Waals surface area contributed by atoms with Gasteiger partial charge in [-0.05, 0) is 64.5 Å². The SMILES string of the molecule is O=C(Cc1coc2cc3c(cc12)CCC3)NCc1cc(Br)cs1. The van der Waals surface area contributed by atoms with Gasteiger partial charge < -0.3 is 9.73 Å². The average molecular weight is 390 g/mol. The maximum atomic E-state index is 12.2. The van der Waals surface area contributed by atoms with Gasteiger partial charge >= 0.3 is 0 Å². The molecule has 1 N–H and O–H groups in total. The lowest BCUT2D eigenvalue weighted by atomic mass is 10.0. The molecule has 3 nitrogen and oxygen atoms in total. The molecule has 5 heteroatoms. The number of thiophene rings is 1. The van der Waals surface area contributed by atoms with E-state index in [0.717, 1.165) is 38.7 Å². The summed E-state index contributed by atoms with van der Waals surface area (Å²) in [6.45, 7) is 0.570. The van der Waals surface area contributed by atoms with Crippen LogP contribution in [0.5, 0.6) is 0 Å². The van der Waals surface area contributed by atoms with E-state index < -0.39 is 0 Å². The fraction of sp³-hybridized carbons (Fsp3) is 0.278. The Bertz CT molecular complexity index is 880. The summed E-state index contributed by atoms with van der Waals surface area (Å²) in [7, 11) is 0. The van der Waals surface area contributed by atoms with Crippen molar-refractivity contribution in [2.45, 2.75) is 32.2 Å². The van der Waals surface area contributed by atoms with Crippen molar-refractivity contribution >= 4 is 44.1 Å². The van der Waals surface area contributed by atoms with E-state index in [1.807, 2.05) is 11.4 Å². The number of furan rings is 1. The van der Waals surface area contributed by atoms with E-state index in [1.165, 1.54) is 17.5 Å². The van der Waals surface area contributed by atoms with Gasteiger partial charge in [-0.15, -0.1) is 11.3 Å². The monoisotopic (exact) mass is 389 g/mol. The van der Waals surface area contributed by atoms with E-state index in [2.05, 4.69) is 33.4 Å². The highest BCUT2D eigenvalue weighted by molar-refractivity contribution is 9.10. The van der Waals surface area contributed by atoms with Crippen LogP contribution in [0.3, 0.4) is 0 Å². The van der Waals surface area contributed by atoms with Crippen LogP contribution < -0.4 is 5.32 Å². The van der Waals surface area contributed by atoms with E-state index in [1.54, 1.807) is 17.6 Å². The molecule has 0 bridgehead atoms. The first kappa shape index (κ1) is 15.0. The normalized spacial score (nSPS) is 13.4. The minimum Gasteiger partial charge on any atom is -0.464 e. The predicted octanol–water partition coefficient (Wildman–Crippen LogP) is 4.60. The number of fused-ring (bicyclic) bond motifs is 2. The van der Waals surface area contributed by atoms with Crippen LogP contribution in [-0.2, 0) is 30.6 Å². The number of hydrogen-bond donors (Lipinski definition) is 1. The lowest BCUT2D eigenvalue weighted by Gasteiger charge is -2.03. The van der Waals surface area contributed by atoms with E-state index in [-0.39, 0.29) is 5.91 Å². The number of halogens is 1. The Hall–Kier alpha value is -1.59. The van der Waals surface area contributed by atoms with Crippen LogP contribution >= 0.6 is 27.3 Å². The zero-order valence-electron chi connectivity index (χ0n) is 12.5. The molecule has 0 fully saturated rings. The zero-order chi connectivity index (χ0) is 15.8. The van der Waals surface area contributed by atoms with Gasteiger partial charge in [0.1, 0.15) is 5.58 Å². The second kappa shape index (κ2) is 6.13. The van der Waals surface area contributed by atoms with Crippen molar-refractivity contribution in [3.05, 3.63) is 55.9 Å². The Morgan fingerprint density at radius 1 is 1.26 bits per heavy atom. The highest BCUT2D eigenvalue weighted by Gasteiger charge is 2.16. The van der Waals surface area contributed by atoms with E-state index >= 15 is 0 Å². The third-order valence-electron chi connectivity index (χ3n) is 4.30. The predicted molar refractivity (Wildman–Crippen MR) is 95.8 cm³/mol. The standard InChI is InChI=1S/C18H16BrNO2S/c19-14-7-15(23-10-14)8-20-18(21)6-13-9-22-17-5-12-3-1-2-11(12)4-16(13)17/h4-5,7,9-10H,1-3,6,8H2,(H,20,21).